The van der Waals surface area contributed by atoms with Crippen LogP contribution in [0.1, 0.15) is 105 Å². The number of benzene rings is 3. The maximum Gasteiger partial charge on any atom is 0.347 e. The van der Waals surface area contributed by atoms with Gasteiger partial charge >= 0.3 is 5.97 Å². The molecule has 0 atom stereocenters. The summed E-state index contributed by atoms with van der Waals surface area (Å²) in [6.07, 6.45) is 0. The van der Waals surface area contributed by atoms with Crippen molar-refractivity contribution in [3.8, 4) is 17.2 Å². The molecule has 0 aliphatic heterocycles. The second-order valence-electron chi connectivity index (χ2n) is 17.6. The highest BCUT2D eigenvalue weighted by Crippen LogP contribution is 2.45. The van der Waals surface area contributed by atoms with Gasteiger partial charge in [0, 0.05) is 10.8 Å². The lowest BCUT2D eigenvalue weighted by molar-refractivity contribution is 0.0731. The Morgan fingerprint density at radius 2 is 1.00 bits per heavy atom. The standard InChI is InChI=1S/C43H68O4Si2/c1-29(2)23-48(24-30(3)4,25-31(5)6)46-41-22-39(43(44)45-40-18-16-15-17-36(40)14)42(37-20-19-35(13)21-38(37)41)47-49(26-32(7)8,27-33(9)10)28-34(11)12/h15-22,29-34H,23-28H2,1-14H3. The van der Waals surface area contributed by atoms with E-state index < -0.39 is 16.6 Å². The number of fused-ring (bicyclic) bond motifs is 1. The minimum Gasteiger partial charge on any atom is -0.543 e. The predicted molar refractivity (Wildman–Crippen MR) is 215 cm³/mol. The Morgan fingerprint density at radius 3 is 1.45 bits per heavy atom. The van der Waals surface area contributed by atoms with Crippen LogP contribution in [0.4, 0.5) is 0 Å². The molecule has 0 aromatic heterocycles. The van der Waals surface area contributed by atoms with Gasteiger partial charge in [-0.25, -0.2) is 4.79 Å². The van der Waals surface area contributed by atoms with Crippen LogP contribution in [0, 0.1) is 49.4 Å². The van der Waals surface area contributed by atoms with E-state index >= 15 is 0 Å². The van der Waals surface area contributed by atoms with E-state index in [1.807, 2.05) is 37.3 Å². The molecule has 0 amide bonds. The first-order chi connectivity index (χ1) is 22.8. The third-order valence-electron chi connectivity index (χ3n) is 9.05. The van der Waals surface area contributed by atoms with Gasteiger partial charge in [0.15, 0.2) is 0 Å². The summed E-state index contributed by atoms with van der Waals surface area (Å²) < 4.78 is 21.3. The molecule has 3 aromatic carbocycles. The smallest absolute Gasteiger partial charge is 0.347 e. The molecule has 49 heavy (non-hydrogen) atoms. The topological polar surface area (TPSA) is 44.8 Å². The fraction of sp³-hybridized carbons (Fsp3) is 0.605. The van der Waals surface area contributed by atoms with E-state index in [4.69, 9.17) is 13.6 Å². The van der Waals surface area contributed by atoms with Gasteiger partial charge in [-0.15, -0.1) is 0 Å². The Hall–Kier alpha value is -2.58. The van der Waals surface area contributed by atoms with Crippen LogP contribution in [0.15, 0.2) is 48.5 Å². The molecular formula is C43H68O4Si2. The number of rotatable bonds is 18. The SMILES string of the molecule is Cc1ccc2c(O[Si](CC(C)C)(CC(C)C)CC(C)C)c(C(=O)Oc3ccccc3C)cc(O[Si](CC(C)C)(CC(C)C)CC(C)C)c2c1. The molecule has 0 saturated carbocycles. The number of hydrogen-bond acceptors (Lipinski definition) is 4. The van der Waals surface area contributed by atoms with Crippen molar-refractivity contribution in [1.29, 1.82) is 0 Å². The Morgan fingerprint density at radius 1 is 0.551 bits per heavy atom. The second-order valence-corrected chi connectivity index (χ2v) is 25.2. The maximum absolute atomic E-state index is 14.6. The normalized spacial score (nSPS) is 12.7. The minimum absolute atomic E-state index is 0.387. The summed E-state index contributed by atoms with van der Waals surface area (Å²) in [6, 6.07) is 22.6. The van der Waals surface area contributed by atoms with Gasteiger partial charge in [0.1, 0.15) is 22.8 Å². The summed E-state index contributed by atoms with van der Waals surface area (Å²) in [5.74, 6) is 4.66. The lowest BCUT2D eigenvalue weighted by atomic mass is 10.0. The molecule has 3 rings (SSSR count). The zero-order valence-electron chi connectivity index (χ0n) is 33.5. The first kappa shape index (κ1) is 40.8. The van der Waals surface area contributed by atoms with Crippen LogP contribution < -0.4 is 13.6 Å². The van der Waals surface area contributed by atoms with Crippen LogP contribution in [0.2, 0.25) is 36.3 Å². The van der Waals surface area contributed by atoms with Crippen molar-refractivity contribution in [3.05, 3.63) is 65.2 Å². The van der Waals surface area contributed by atoms with Crippen LogP contribution in [-0.4, -0.2) is 22.6 Å². The van der Waals surface area contributed by atoms with Crippen molar-refractivity contribution in [1.82, 2.24) is 0 Å². The van der Waals surface area contributed by atoms with Crippen molar-refractivity contribution in [3.63, 3.8) is 0 Å². The number of ether oxygens (including phenoxy) is 1. The van der Waals surface area contributed by atoms with Crippen molar-refractivity contribution in [2.75, 3.05) is 0 Å². The molecule has 6 heteroatoms. The second kappa shape index (κ2) is 17.6. The Bertz CT molecular complexity index is 1470. The third-order valence-corrected chi connectivity index (χ3v) is 19.7. The fourth-order valence-corrected chi connectivity index (χ4v) is 20.0. The molecule has 0 unspecified atom stereocenters. The molecule has 0 radical (unpaired) electrons. The van der Waals surface area contributed by atoms with E-state index in [-0.39, 0.29) is 5.97 Å². The summed E-state index contributed by atoms with van der Waals surface area (Å²) in [6.45, 7) is 31.9. The zero-order valence-corrected chi connectivity index (χ0v) is 35.5. The number of hydrogen-bond donors (Lipinski definition) is 0. The summed E-state index contributed by atoms with van der Waals surface area (Å²) >= 11 is 0. The molecular weight excluding hydrogens is 637 g/mol. The van der Waals surface area contributed by atoms with Crippen molar-refractivity contribution >= 4 is 33.4 Å². The molecule has 0 saturated heterocycles. The van der Waals surface area contributed by atoms with E-state index in [0.29, 0.717) is 52.6 Å². The summed E-state index contributed by atoms with van der Waals surface area (Å²) in [5.41, 5.74) is 2.56. The molecule has 3 aromatic rings. The van der Waals surface area contributed by atoms with E-state index in [0.717, 1.165) is 63.9 Å². The molecule has 0 aliphatic carbocycles. The number of esters is 1. The largest absolute Gasteiger partial charge is 0.543 e. The summed E-state index contributed by atoms with van der Waals surface area (Å²) in [5, 5.41) is 1.99. The molecule has 4 nitrogen and oxygen atoms in total. The van der Waals surface area contributed by atoms with Crippen LogP contribution in [0.5, 0.6) is 17.2 Å². The van der Waals surface area contributed by atoms with Crippen molar-refractivity contribution in [2.24, 2.45) is 35.5 Å². The van der Waals surface area contributed by atoms with Gasteiger partial charge in [0.25, 0.3) is 16.6 Å². The highest BCUT2D eigenvalue weighted by Gasteiger charge is 2.42. The lowest BCUT2D eigenvalue weighted by Crippen LogP contribution is -2.46. The van der Waals surface area contributed by atoms with Crippen molar-refractivity contribution < 1.29 is 18.4 Å². The molecule has 0 fully saturated rings. The quantitative estimate of drug-likeness (QED) is 0.0751. The molecule has 0 heterocycles. The Kier molecular flexibility index (Phi) is 14.6. The number of carbonyl (C=O) groups excluding carboxylic acids is 1. The Balaban J connectivity index is 2.42. The molecule has 0 bridgehead atoms. The summed E-state index contributed by atoms with van der Waals surface area (Å²) in [7, 11) is -4.72. The first-order valence-electron chi connectivity index (χ1n) is 19.1. The first-order valence-corrected chi connectivity index (χ1v) is 24.1. The third kappa shape index (κ3) is 11.7. The maximum atomic E-state index is 14.6. The van der Waals surface area contributed by atoms with Gasteiger partial charge < -0.3 is 13.6 Å². The predicted octanol–water partition coefficient (Wildman–Crippen LogP) is 13.3. The minimum atomic E-state index is -2.41. The van der Waals surface area contributed by atoms with Gasteiger partial charge in [0.2, 0.25) is 0 Å². The van der Waals surface area contributed by atoms with E-state index in [2.05, 4.69) is 108 Å². The summed E-state index contributed by atoms with van der Waals surface area (Å²) in [4.78, 5) is 14.6. The van der Waals surface area contributed by atoms with Crippen molar-refractivity contribution in [2.45, 2.75) is 133 Å². The van der Waals surface area contributed by atoms with Crippen LogP contribution >= 0.6 is 0 Å². The van der Waals surface area contributed by atoms with E-state index in [9.17, 15) is 4.79 Å². The molecule has 272 valence electrons. The van der Waals surface area contributed by atoms with E-state index in [1.54, 1.807) is 0 Å². The molecule has 0 spiro atoms. The monoisotopic (exact) mass is 704 g/mol. The average molecular weight is 705 g/mol. The van der Waals surface area contributed by atoms with Gasteiger partial charge in [-0.3, -0.25) is 0 Å². The number of carbonyl (C=O) groups is 1. The number of aryl methyl sites for hydroxylation is 2. The van der Waals surface area contributed by atoms with Crippen LogP contribution in [0.3, 0.4) is 0 Å². The molecule has 0 N–H and O–H groups in total. The Labute approximate surface area is 302 Å². The van der Waals surface area contributed by atoms with E-state index in [1.165, 1.54) is 0 Å². The van der Waals surface area contributed by atoms with Gasteiger partial charge in [-0.1, -0.05) is 119 Å². The average Bonchev–Trinajstić information content (AvgIpc) is 2.92. The fourth-order valence-electron chi connectivity index (χ4n) is 8.32. The van der Waals surface area contributed by atoms with Crippen LogP contribution in [-0.2, 0) is 0 Å². The number of para-hydroxylation sites is 1. The van der Waals surface area contributed by atoms with Gasteiger partial charge in [-0.05, 0) is 109 Å². The van der Waals surface area contributed by atoms with Crippen LogP contribution in [0.25, 0.3) is 10.8 Å². The van der Waals surface area contributed by atoms with Gasteiger partial charge in [-0.2, -0.15) is 0 Å². The lowest BCUT2D eigenvalue weighted by Gasteiger charge is -2.39. The highest BCUT2D eigenvalue weighted by molar-refractivity contribution is 6.75. The highest BCUT2D eigenvalue weighted by atomic mass is 28.4. The van der Waals surface area contributed by atoms with Gasteiger partial charge in [0.05, 0.1) is 0 Å². The zero-order chi connectivity index (χ0) is 36.7. The molecule has 0 aliphatic rings.